The zero-order valence-electron chi connectivity index (χ0n) is 10.5. The third kappa shape index (κ3) is 2.66. The number of nitrogens with zero attached hydrogens (tertiary/aromatic N) is 3. The fraction of sp³-hybridized carbons (Fsp3) is 0.143. The van der Waals surface area contributed by atoms with Crippen molar-refractivity contribution in [3.8, 4) is 5.69 Å². The summed E-state index contributed by atoms with van der Waals surface area (Å²) in [6, 6.07) is 10.4. The van der Waals surface area contributed by atoms with E-state index in [2.05, 4.69) is 46.6 Å². The van der Waals surface area contributed by atoms with Crippen LogP contribution in [0, 0.1) is 0 Å². The largest absolute Gasteiger partial charge is 0.378 e. The Morgan fingerprint density at radius 1 is 1.26 bits per heavy atom. The van der Waals surface area contributed by atoms with Gasteiger partial charge in [-0.25, -0.2) is 4.68 Å². The molecule has 4 nitrogen and oxygen atoms in total. The summed E-state index contributed by atoms with van der Waals surface area (Å²) in [6.45, 7) is 2.13. The van der Waals surface area contributed by atoms with Crippen molar-refractivity contribution in [1.82, 2.24) is 14.8 Å². The number of benzene rings is 1. The lowest BCUT2D eigenvalue weighted by atomic mass is 10.2. The summed E-state index contributed by atoms with van der Waals surface area (Å²) in [5.41, 5.74) is 4.01. The maximum atomic E-state index is 4.21. The molecule has 0 fully saturated rings. The summed E-state index contributed by atoms with van der Waals surface area (Å²) in [7, 11) is 0. The van der Waals surface area contributed by atoms with E-state index >= 15 is 0 Å². The van der Waals surface area contributed by atoms with Crippen LogP contribution in [0.25, 0.3) is 5.69 Å². The zero-order chi connectivity index (χ0) is 13.1. The summed E-state index contributed by atoms with van der Waals surface area (Å²) < 4.78 is 1.84. The number of hydrogen-bond acceptors (Lipinski definition) is 4. The Labute approximate surface area is 115 Å². The fourth-order valence-corrected chi connectivity index (χ4v) is 2.52. The zero-order valence-corrected chi connectivity index (χ0v) is 11.3. The van der Waals surface area contributed by atoms with Crippen LogP contribution in [0.4, 0.5) is 5.69 Å². The molecule has 3 aromatic rings. The van der Waals surface area contributed by atoms with Crippen molar-refractivity contribution in [2.24, 2.45) is 0 Å². The second-order valence-electron chi connectivity index (χ2n) is 4.27. The van der Waals surface area contributed by atoms with Gasteiger partial charge in [0, 0.05) is 29.2 Å². The van der Waals surface area contributed by atoms with Crippen molar-refractivity contribution in [2.75, 3.05) is 5.32 Å². The number of rotatable bonds is 4. The highest BCUT2D eigenvalue weighted by atomic mass is 32.1. The highest BCUT2D eigenvalue weighted by molar-refractivity contribution is 7.09. The first-order valence-corrected chi connectivity index (χ1v) is 6.96. The molecule has 0 saturated carbocycles. The van der Waals surface area contributed by atoms with Crippen LogP contribution in [0.3, 0.4) is 0 Å². The van der Waals surface area contributed by atoms with E-state index in [9.17, 15) is 0 Å². The van der Waals surface area contributed by atoms with Crippen LogP contribution >= 0.6 is 11.3 Å². The Hall–Kier alpha value is -2.14. The molecule has 96 valence electrons. The molecule has 0 aliphatic heterocycles. The summed E-state index contributed by atoms with van der Waals surface area (Å²) in [5, 5.41) is 7.66. The topological polar surface area (TPSA) is 42.7 Å². The van der Waals surface area contributed by atoms with Crippen LogP contribution in [0.2, 0.25) is 0 Å². The Morgan fingerprint density at radius 3 is 2.74 bits per heavy atom. The molecule has 1 aromatic carbocycles. The molecule has 0 spiro atoms. The molecule has 1 unspecified atom stereocenters. The van der Waals surface area contributed by atoms with Crippen LogP contribution in [-0.4, -0.2) is 14.8 Å². The lowest BCUT2D eigenvalue weighted by Gasteiger charge is -2.13. The second-order valence-corrected chi connectivity index (χ2v) is 5.19. The number of aromatic nitrogens is 3. The van der Waals surface area contributed by atoms with Crippen molar-refractivity contribution in [1.29, 1.82) is 0 Å². The average Bonchev–Trinajstić information content (AvgIpc) is 3.13. The van der Waals surface area contributed by atoms with Gasteiger partial charge >= 0.3 is 0 Å². The highest BCUT2D eigenvalue weighted by Crippen LogP contribution is 2.22. The van der Waals surface area contributed by atoms with Crippen LogP contribution in [-0.2, 0) is 0 Å². The molecule has 1 atom stereocenters. The van der Waals surface area contributed by atoms with E-state index in [1.54, 1.807) is 17.5 Å². The van der Waals surface area contributed by atoms with Crippen molar-refractivity contribution in [3.63, 3.8) is 0 Å². The Balaban J connectivity index is 1.73. The Morgan fingerprint density at radius 2 is 2.11 bits per heavy atom. The van der Waals surface area contributed by atoms with Crippen molar-refractivity contribution >= 4 is 17.0 Å². The molecule has 5 heteroatoms. The van der Waals surface area contributed by atoms with Crippen LogP contribution in [0.5, 0.6) is 0 Å². The number of thiazole rings is 1. The molecule has 0 saturated heterocycles. The SMILES string of the molecule is CC(Nc1ccc(-n2cccn2)cc1)c1cncs1. The lowest BCUT2D eigenvalue weighted by molar-refractivity contribution is 0.878. The first-order valence-electron chi connectivity index (χ1n) is 6.08. The predicted molar refractivity (Wildman–Crippen MR) is 77.7 cm³/mol. The fourth-order valence-electron chi connectivity index (χ4n) is 1.89. The third-order valence-electron chi connectivity index (χ3n) is 2.90. The molecule has 0 radical (unpaired) electrons. The smallest absolute Gasteiger partial charge is 0.0795 e. The van der Waals surface area contributed by atoms with E-state index in [0.717, 1.165) is 11.4 Å². The van der Waals surface area contributed by atoms with Gasteiger partial charge < -0.3 is 5.32 Å². The van der Waals surface area contributed by atoms with Gasteiger partial charge in [-0.15, -0.1) is 11.3 Å². The highest BCUT2D eigenvalue weighted by Gasteiger charge is 2.06. The first kappa shape index (κ1) is 11.9. The monoisotopic (exact) mass is 270 g/mol. The number of hydrogen-bond donors (Lipinski definition) is 1. The van der Waals surface area contributed by atoms with E-state index < -0.39 is 0 Å². The average molecular weight is 270 g/mol. The minimum absolute atomic E-state index is 0.267. The normalized spacial score (nSPS) is 12.3. The van der Waals surface area contributed by atoms with Gasteiger partial charge in [-0.1, -0.05) is 0 Å². The number of anilines is 1. The van der Waals surface area contributed by atoms with Crippen LogP contribution in [0.1, 0.15) is 17.8 Å². The molecule has 1 N–H and O–H groups in total. The Bertz CT molecular complexity index is 614. The molecule has 0 aliphatic rings. The lowest BCUT2D eigenvalue weighted by Crippen LogP contribution is -2.05. The molecule has 3 rings (SSSR count). The van der Waals surface area contributed by atoms with Gasteiger partial charge in [-0.2, -0.15) is 5.10 Å². The van der Waals surface area contributed by atoms with E-state index in [0.29, 0.717) is 0 Å². The summed E-state index contributed by atoms with van der Waals surface area (Å²) >= 11 is 1.66. The van der Waals surface area contributed by atoms with E-state index in [1.807, 2.05) is 28.7 Å². The van der Waals surface area contributed by atoms with Gasteiger partial charge in [0.1, 0.15) is 0 Å². The maximum Gasteiger partial charge on any atom is 0.0795 e. The summed E-state index contributed by atoms with van der Waals surface area (Å²) in [4.78, 5) is 5.33. The molecule has 0 aliphatic carbocycles. The van der Waals surface area contributed by atoms with Crippen LogP contribution in [0.15, 0.2) is 54.4 Å². The standard InChI is InChI=1S/C14H14N4S/c1-11(14-9-15-10-19-14)17-12-3-5-13(6-4-12)18-8-2-7-16-18/h2-11,17H,1H3. The molecular weight excluding hydrogens is 256 g/mol. The van der Waals surface area contributed by atoms with Gasteiger partial charge in [0.15, 0.2) is 0 Å². The van der Waals surface area contributed by atoms with E-state index in [1.165, 1.54) is 4.88 Å². The summed E-state index contributed by atoms with van der Waals surface area (Å²) in [6.07, 6.45) is 5.61. The molecule has 0 bridgehead atoms. The quantitative estimate of drug-likeness (QED) is 0.789. The molecule has 2 aromatic heterocycles. The predicted octanol–water partition coefficient (Wildman–Crippen LogP) is 3.50. The maximum absolute atomic E-state index is 4.21. The van der Waals surface area contributed by atoms with Crippen LogP contribution < -0.4 is 5.32 Å². The minimum Gasteiger partial charge on any atom is -0.378 e. The van der Waals surface area contributed by atoms with Crippen molar-refractivity contribution < 1.29 is 0 Å². The molecular formula is C14H14N4S. The second kappa shape index (κ2) is 5.24. The van der Waals surface area contributed by atoms with Crippen molar-refractivity contribution in [3.05, 3.63) is 59.3 Å². The van der Waals surface area contributed by atoms with Gasteiger partial charge in [0.05, 0.1) is 17.2 Å². The third-order valence-corrected chi connectivity index (χ3v) is 3.86. The van der Waals surface area contributed by atoms with Gasteiger partial charge in [-0.3, -0.25) is 4.98 Å². The molecule has 19 heavy (non-hydrogen) atoms. The van der Waals surface area contributed by atoms with Gasteiger partial charge in [0.25, 0.3) is 0 Å². The Kier molecular flexibility index (Phi) is 3.29. The first-order chi connectivity index (χ1) is 9.33. The molecule has 2 heterocycles. The van der Waals surface area contributed by atoms with Gasteiger partial charge in [0.2, 0.25) is 0 Å². The minimum atomic E-state index is 0.267. The summed E-state index contributed by atoms with van der Waals surface area (Å²) in [5.74, 6) is 0. The van der Waals surface area contributed by atoms with Gasteiger partial charge in [-0.05, 0) is 37.3 Å². The number of nitrogens with one attached hydrogen (secondary N) is 1. The van der Waals surface area contributed by atoms with Crippen molar-refractivity contribution in [2.45, 2.75) is 13.0 Å². The van der Waals surface area contributed by atoms with E-state index in [-0.39, 0.29) is 6.04 Å². The molecule has 0 amide bonds. The van der Waals surface area contributed by atoms with E-state index in [4.69, 9.17) is 0 Å².